The van der Waals surface area contributed by atoms with Gasteiger partial charge in [0, 0.05) is 26.6 Å². The molecule has 0 aliphatic carbocycles. The van der Waals surface area contributed by atoms with Crippen LogP contribution in [0.2, 0.25) is 5.02 Å². The van der Waals surface area contributed by atoms with Crippen molar-refractivity contribution in [2.45, 2.75) is 52.2 Å². The fourth-order valence-electron chi connectivity index (χ4n) is 2.29. The second-order valence-electron chi connectivity index (χ2n) is 5.54. The van der Waals surface area contributed by atoms with Gasteiger partial charge in [0.1, 0.15) is 0 Å². The molecule has 1 atom stereocenters. The van der Waals surface area contributed by atoms with Crippen LogP contribution in [0.25, 0.3) is 0 Å². The number of nitrogens with one attached hydrogen (secondary N) is 1. The summed E-state index contributed by atoms with van der Waals surface area (Å²) in [4.78, 5) is 0. The average Bonchev–Trinajstić information content (AvgIpc) is 2.74. The summed E-state index contributed by atoms with van der Waals surface area (Å²) in [5.74, 6) is 0. The Kier molecular flexibility index (Phi) is 7.66. The van der Waals surface area contributed by atoms with Crippen LogP contribution in [0, 0.1) is 0 Å². The molecule has 0 amide bonds. The Bertz CT molecular complexity index is 433. The first-order valence-electron chi connectivity index (χ1n) is 7.61. The molecule has 2 N–H and O–H groups in total. The molecule has 21 heavy (non-hydrogen) atoms. The van der Waals surface area contributed by atoms with Crippen LogP contribution < -0.4 is 5.32 Å². The van der Waals surface area contributed by atoms with Gasteiger partial charge in [-0.1, -0.05) is 18.5 Å². The zero-order valence-electron chi connectivity index (χ0n) is 13.6. The molecule has 0 radical (unpaired) electrons. The molecule has 0 bridgehead atoms. The van der Waals surface area contributed by atoms with E-state index in [1.807, 2.05) is 25.5 Å². The lowest BCUT2D eigenvalue weighted by molar-refractivity contribution is 0.0490. The number of rotatable bonds is 10. The summed E-state index contributed by atoms with van der Waals surface area (Å²) in [5.41, 5.74) is 1.03. The molecule has 0 fully saturated rings. The van der Waals surface area contributed by atoms with Gasteiger partial charge in [0.15, 0.2) is 0 Å². The number of nitrogens with zero attached hydrogens (tertiary/aromatic N) is 2. The lowest BCUT2D eigenvalue weighted by atomic mass is 9.95. The van der Waals surface area contributed by atoms with Crippen LogP contribution >= 0.6 is 11.6 Å². The summed E-state index contributed by atoms with van der Waals surface area (Å²) in [7, 11) is 1.68. The highest BCUT2D eigenvalue weighted by molar-refractivity contribution is 6.31. The Morgan fingerprint density at radius 1 is 1.38 bits per heavy atom. The average molecular weight is 318 g/mol. The molecular weight excluding hydrogens is 290 g/mol. The van der Waals surface area contributed by atoms with Gasteiger partial charge >= 0.3 is 0 Å². The molecule has 1 unspecified atom stereocenters. The van der Waals surface area contributed by atoms with E-state index >= 15 is 0 Å². The van der Waals surface area contributed by atoms with E-state index in [1.165, 1.54) is 0 Å². The smallest absolute Gasteiger partial charge is 0.0850 e. The van der Waals surface area contributed by atoms with Crippen molar-refractivity contribution in [1.29, 1.82) is 0 Å². The van der Waals surface area contributed by atoms with Crippen LogP contribution in [0.5, 0.6) is 0 Å². The fraction of sp³-hybridized carbons (Fsp3) is 0.800. The van der Waals surface area contributed by atoms with E-state index in [2.05, 4.69) is 10.4 Å². The fourth-order valence-corrected chi connectivity index (χ4v) is 2.63. The quantitative estimate of drug-likeness (QED) is 0.648. The van der Waals surface area contributed by atoms with Gasteiger partial charge in [0.05, 0.1) is 28.6 Å². The van der Waals surface area contributed by atoms with Gasteiger partial charge in [-0.25, -0.2) is 0 Å². The van der Waals surface area contributed by atoms with Gasteiger partial charge in [0.25, 0.3) is 0 Å². The zero-order valence-corrected chi connectivity index (χ0v) is 14.3. The second kappa shape index (κ2) is 8.73. The molecule has 0 saturated heterocycles. The van der Waals surface area contributed by atoms with E-state index < -0.39 is 5.60 Å². The minimum absolute atomic E-state index is 0.513. The highest BCUT2D eigenvalue weighted by Crippen LogP contribution is 2.26. The van der Waals surface area contributed by atoms with Gasteiger partial charge < -0.3 is 15.2 Å². The first-order chi connectivity index (χ1) is 9.95. The van der Waals surface area contributed by atoms with E-state index in [9.17, 15) is 5.11 Å². The molecule has 0 aliphatic heterocycles. The lowest BCUT2D eigenvalue weighted by Gasteiger charge is -2.24. The molecule has 0 saturated carbocycles. The van der Waals surface area contributed by atoms with Crippen LogP contribution in [0.1, 0.15) is 38.6 Å². The second-order valence-corrected chi connectivity index (χ2v) is 5.92. The maximum Gasteiger partial charge on any atom is 0.0850 e. The Hall–Kier alpha value is -0.620. The summed E-state index contributed by atoms with van der Waals surface area (Å²) in [6.45, 7) is 8.89. The van der Waals surface area contributed by atoms with E-state index in [0.717, 1.165) is 37.4 Å². The Balaban J connectivity index is 2.63. The van der Waals surface area contributed by atoms with E-state index in [1.54, 1.807) is 7.11 Å². The predicted molar refractivity (Wildman–Crippen MR) is 86.0 cm³/mol. The van der Waals surface area contributed by atoms with Crippen molar-refractivity contribution in [2.75, 3.05) is 26.8 Å². The van der Waals surface area contributed by atoms with Crippen LogP contribution in [0.15, 0.2) is 0 Å². The summed E-state index contributed by atoms with van der Waals surface area (Å²) < 4.78 is 6.87. The Morgan fingerprint density at radius 2 is 2.10 bits per heavy atom. The highest BCUT2D eigenvalue weighted by atomic mass is 35.5. The van der Waals surface area contributed by atoms with Crippen molar-refractivity contribution >= 4 is 11.6 Å². The molecule has 122 valence electrons. The van der Waals surface area contributed by atoms with Crippen LogP contribution in [0.3, 0.4) is 0 Å². The topological polar surface area (TPSA) is 59.3 Å². The predicted octanol–water partition coefficient (Wildman–Crippen LogP) is 2.04. The number of ether oxygens (including phenoxy) is 1. The Morgan fingerprint density at radius 3 is 2.67 bits per heavy atom. The van der Waals surface area contributed by atoms with Gasteiger partial charge in [-0.15, -0.1) is 0 Å². The maximum atomic E-state index is 10.6. The van der Waals surface area contributed by atoms with E-state index in [-0.39, 0.29) is 0 Å². The SMILES string of the molecule is CCc1nn(CC)c(CC(C)(O)CCNCCOC)c1Cl. The first kappa shape index (κ1) is 18.4. The third-order valence-corrected chi connectivity index (χ3v) is 4.00. The van der Waals surface area contributed by atoms with Crippen LogP contribution in [-0.4, -0.2) is 47.3 Å². The summed E-state index contributed by atoms with van der Waals surface area (Å²) in [6.07, 6.45) is 1.97. The minimum Gasteiger partial charge on any atom is -0.390 e. The number of aromatic nitrogens is 2. The van der Waals surface area contributed by atoms with Gasteiger partial charge in [0.2, 0.25) is 0 Å². The molecular formula is C15H28ClN3O2. The van der Waals surface area contributed by atoms with E-state index in [0.29, 0.717) is 24.5 Å². The third-order valence-electron chi connectivity index (χ3n) is 3.57. The van der Waals surface area contributed by atoms with Crippen molar-refractivity contribution < 1.29 is 9.84 Å². The van der Waals surface area contributed by atoms with Crippen LogP contribution in [-0.2, 0) is 24.1 Å². The van der Waals surface area contributed by atoms with Crippen molar-refractivity contribution in [3.05, 3.63) is 16.4 Å². The molecule has 0 spiro atoms. The molecule has 0 aliphatic rings. The molecule has 1 aromatic heterocycles. The van der Waals surface area contributed by atoms with Gasteiger partial charge in [-0.2, -0.15) is 5.10 Å². The number of methoxy groups -OCH3 is 1. The largest absolute Gasteiger partial charge is 0.390 e. The molecule has 1 aromatic rings. The standard InChI is InChI=1S/C15H28ClN3O2/c1-5-12-14(16)13(19(6-2)18-12)11-15(3,20)7-8-17-9-10-21-4/h17,20H,5-11H2,1-4H3. The van der Waals surface area contributed by atoms with E-state index in [4.69, 9.17) is 16.3 Å². The Labute approximate surface area is 132 Å². The lowest BCUT2D eigenvalue weighted by Crippen LogP contribution is -2.34. The van der Waals surface area contributed by atoms with Crippen molar-refractivity contribution in [1.82, 2.24) is 15.1 Å². The monoisotopic (exact) mass is 317 g/mol. The number of aliphatic hydroxyl groups is 1. The number of aryl methyl sites for hydroxylation is 2. The summed E-state index contributed by atoms with van der Waals surface area (Å²) in [6, 6.07) is 0. The summed E-state index contributed by atoms with van der Waals surface area (Å²) in [5, 5.41) is 19.0. The van der Waals surface area contributed by atoms with Gasteiger partial charge in [-0.3, -0.25) is 4.68 Å². The number of hydrogen-bond donors (Lipinski definition) is 2. The summed E-state index contributed by atoms with van der Waals surface area (Å²) >= 11 is 6.39. The van der Waals surface area contributed by atoms with Crippen molar-refractivity contribution in [3.63, 3.8) is 0 Å². The zero-order chi connectivity index (χ0) is 15.9. The first-order valence-corrected chi connectivity index (χ1v) is 7.99. The van der Waals surface area contributed by atoms with Crippen molar-refractivity contribution in [2.24, 2.45) is 0 Å². The highest BCUT2D eigenvalue weighted by Gasteiger charge is 2.25. The molecule has 1 heterocycles. The minimum atomic E-state index is -0.804. The maximum absolute atomic E-state index is 10.6. The molecule has 6 heteroatoms. The molecule has 0 aromatic carbocycles. The molecule has 5 nitrogen and oxygen atoms in total. The van der Waals surface area contributed by atoms with Crippen molar-refractivity contribution in [3.8, 4) is 0 Å². The molecule has 1 rings (SSSR count). The number of hydrogen-bond acceptors (Lipinski definition) is 4. The normalized spacial score (nSPS) is 14.4. The van der Waals surface area contributed by atoms with Gasteiger partial charge in [-0.05, 0) is 33.2 Å². The third kappa shape index (κ3) is 5.58. The van der Waals surface area contributed by atoms with Crippen LogP contribution in [0.4, 0.5) is 0 Å². The number of halogens is 1.